The van der Waals surface area contributed by atoms with Crippen molar-refractivity contribution in [3.8, 4) is 0 Å². The van der Waals surface area contributed by atoms with Crippen LogP contribution < -0.4 is 0 Å². The van der Waals surface area contributed by atoms with Crippen molar-refractivity contribution in [2.75, 3.05) is 6.61 Å². The predicted octanol–water partition coefficient (Wildman–Crippen LogP) is 3.39. The van der Waals surface area contributed by atoms with Crippen LogP contribution in [-0.4, -0.2) is 28.9 Å². The number of hydrogen-bond donors (Lipinski definition) is 2. The molecule has 1 rings (SSSR count). The summed E-state index contributed by atoms with van der Waals surface area (Å²) < 4.78 is 19.6. The highest BCUT2D eigenvalue weighted by Gasteiger charge is 2.18. The van der Waals surface area contributed by atoms with Gasteiger partial charge in [0, 0.05) is 6.42 Å². The van der Waals surface area contributed by atoms with E-state index in [1.54, 1.807) is 13.0 Å². The van der Waals surface area contributed by atoms with Crippen molar-refractivity contribution < 1.29 is 24.1 Å². The van der Waals surface area contributed by atoms with Gasteiger partial charge in [-0.3, -0.25) is 4.79 Å². The van der Waals surface area contributed by atoms with Crippen molar-refractivity contribution in [2.24, 2.45) is 0 Å². The summed E-state index contributed by atoms with van der Waals surface area (Å²) in [6.07, 6.45) is 0.643. The maximum atomic E-state index is 13.9. The number of carbonyl (C=O) groups is 1. The van der Waals surface area contributed by atoms with Crippen LogP contribution in [0.2, 0.25) is 0 Å². The van der Waals surface area contributed by atoms with Gasteiger partial charge in [-0.25, -0.2) is 4.39 Å². The summed E-state index contributed by atoms with van der Waals surface area (Å²) >= 11 is 0. The number of aliphatic carboxylic acids is 1. The van der Waals surface area contributed by atoms with E-state index in [0.29, 0.717) is 30.4 Å². The van der Waals surface area contributed by atoms with Crippen LogP contribution in [-0.2, 0) is 16.0 Å². The molecule has 1 aromatic rings. The lowest BCUT2D eigenvalue weighted by molar-refractivity contribution is -0.136. The van der Waals surface area contributed by atoms with Crippen LogP contribution in [0.3, 0.4) is 0 Å². The number of ether oxygens (including phenoxy) is 1. The van der Waals surface area contributed by atoms with Gasteiger partial charge in [-0.15, -0.1) is 0 Å². The standard InChI is InChI=1S/C17H25FO4/c1-4-13(19)10-22-16(5-2)14-9-15(18)11(3)8-12(14)6-7-17(20)21/h8-9,13,16,19H,4-7,10H2,1-3H3,(H,20,21)/t13-,16-/m1/s1. The average Bonchev–Trinajstić information content (AvgIpc) is 2.48. The maximum absolute atomic E-state index is 13.9. The molecule has 0 heterocycles. The summed E-state index contributed by atoms with van der Waals surface area (Å²) in [7, 11) is 0. The van der Waals surface area contributed by atoms with Gasteiger partial charge in [-0.2, -0.15) is 0 Å². The molecule has 0 unspecified atom stereocenters. The minimum absolute atomic E-state index is 0.00785. The third-order valence-electron chi connectivity index (χ3n) is 3.71. The molecule has 0 amide bonds. The second kappa shape index (κ2) is 8.86. The van der Waals surface area contributed by atoms with Gasteiger partial charge in [-0.05, 0) is 48.9 Å². The highest BCUT2D eigenvalue weighted by Crippen LogP contribution is 2.28. The number of aliphatic hydroxyl groups excluding tert-OH is 1. The number of benzene rings is 1. The van der Waals surface area contributed by atoms with E-state index in [1.807, 2.05) is 13.8 Å². The highest BCUT2D eigenvalue weighted by molar-refractivity contribution is 5.67. The first-order chi connectivity index (χ1) is 10.4. The van der Waals surface area contributed by atoms with E-state index in [9.17, 15) is 14.3 Å². The molecule has 0 saturated heterocycles. The Kier molecular flexibility index (Phi) is 7.48. The number of halogens is 1. The molecule has 2 N–H and O–H groups in total. The van der Waals surface area contributed by atoms with Crippen molar-refractivity contribution in [1.29, 1.82) is 0 Å². The fraction of sp³-hybridized carbons (Fsp3) is 0.588. The van der Waals surface area contributed by atoms with E-state index in [2.05, 4.69) is 0 Å². The van der Waals surface area contributed by atoms with E-state index < -0.39 is 12.1 Å². The molecule has 4 nitrogen and oxygen atoms in total. The van der Waals surface area contributed by atoms with Gasteiger partial charge in [0.05, 0.1) is 18.8 Å². The number of rotatable bonds is 9. The van der Waals surface area contributed by atoms with Gasteiger partial charge in [0.1, 0.15) is 5.82 Å². The molecule has 22 heavy (non-hydrogen) atoms. The first-order valence-corrected chi connectivity index (χ1v) is 7.69. The number of hydrogen-bond acceptors (Lipinski definition) is 3. The summed E-state index contributed by atoms with van der Waals surface area (Å²) in [6.45, 7) is 5.62. The van der Waals surface area contributed by atoms with E-state index in [0.717, 1.165) is 5.56 Å². The van der Waals surface area contributed by atoms with Gasteiger partial charge in [0.25, 0.3) is 0 Å². The van der Waals surface area contributed by atoms with Crippen LogP contribution in [0.1, 0.15) is 55.9 Å². The van der Waals surface area contributed by atoms with Crippen LogP contribution in [0.25, 0.3) is 0 Å². The lowest BCUT2D eigenvalue weighted by Gasteiger charge is -2.22. The monoisotopic (exact) mass is 312 g/mol. The third kappa shape index (κ3) is 5.39. The zero-order valence-corrected chi connectivity index (χ0v) is 13.4. The van der Waals surface area contributed by atoms with Crippen LogP contribution in [0.15, 0.2) is 12.1 Å². The van der Waals surface area contributed by atoms with Crippen molar-refractivity contribution in [2.45, 2.75) is 58.7 Å². The number of aryl methyl sites for hydroxylation is 2. The quantitative estimate of drug-likeness (QED) is 0.733. The first-order valence-electron chi connectivity index (χ1n) is 7.69. The largest absolute Gasteiger partial charge is 0.481 e. The molecule has 0 bridgehead atoms. The Morgan fingerprint density at radius 2 is 2.00 bits per heavy atom. The SMILES string of the molecule is CC[C@@H](O)CO[C@H](CC)c1cc(F)c(C)cc1CCC(=O)O. The third-order valence-corrected chi connectivity index (χ3v) is 3.71. The topological polar surface area (TPSA) is 66.8 Å². The summed E-state index contributed by atoms with van der Waals surface area (Å²) in [5.41, 5.74) is 1.96. The molecule has 0 saturated carbocycles. The predicted molar refractivity (Wildman–Crippen MR) is 82.4 cm³/mol. The Hall–Kier alpha value is -1.46. The van der Waals surface area contributed by atoms with Crippen LogP contribution in [0, 0.1) is 12.7 Å². The van der Waals surface area contributed by atoms with E-state index in [4.69, 9.17) is 9.84 Å². The van der Waals surface area contributed by atoms with E-state index in [1.165, 1.54) is 6.07 Å². The Morgan fingerprint density at radius 1 is 1.32 bits per heavy atom. The van der Waals surface area contributed by atoms with Crippen LogP contribution in [0.4, 0.5) is 4.39 Å². The summed E-state index contributed by atoms with van der Waals surface area (Å²) in [5.74, 6) is -1.21. The Morgan fingerprint density at radius 3 is 2.55 bits per heavy atom. The first kappa shape index (κ1) is 18.6. The number of carboxylic acids is 1. The van der Waals surface area contributed by atoms with Gasteiger partial charge < -0.3 is 14.9 Å². The molecule has 0 fully saturated rings. The molecule has 5 heteroatoms. The zero-order valence-electron chi connectivity index (χ0n) is 13.4. The maximum Gasteiger partial charge on any atom is 0.303 e. The fourth-order valence-electron chi connectivity index (χ4n) is 2.29. The Labute approximate surface area is 130 Å². The van der Waals surface area contributed by atoms with Crippen LogP contribution >= 0.6 is 0 Å². The molecular weight excluding hydrogens is 287 g/mol. The van der Waals surface area contributed by atoms with Crippen molar-refractivity contribution in [3.63, 3.8) is 0 Å². The van der Waals surface area contributed by atoms with E-state index in [-0.39, 0.29) is 24.9 Å². The number of aliphatic hydroxyl groups is 1. The minimum Gasteiger partial charge on any atom is -0.481 e. The second-order valence-electron chi connectivity index (χ2n) is 5.49. The van der Waals surface area contributed by atoms with Gasteiger partial charge in [0.15, 0.2) is 0 Å². The second-order valence-corrected chi connectivity index (χ2v) is 5.49. The zero-order chi connectivity index (χ0) is 16.7. The highest BCUT2D eigenvalue weighted by atomic mass is 19.1. The normalized spacial score (nSPS) is 13.9. The fourth-order valence-corrected chi connectivity index (χ4v) is 2.29. The van der Waals surface area contributed by atoms with Gasteiger partial charge >= 0.3 is 5.97 Å². The van der Waals surface area contributed by atoms with Crippen molar-refractivity contribution in [3.05, 3.63) is 34.6 Å². The van der Waals surface area contributed by atoms with Gasteiger partial charge in [-0.1, -0.05) is 19.9 Å². The van der Waals surface area contributed by atoms with Gasteiger partial charge in [0.2, 0.25) is 0 Å². The molecule has 1 aromatic carbocycles. The molecular formula is C17H25FO4. The number of carboxylic acid groups (broad SMARTS) is 1. The molecule has 0 aliphatic heterocycles. The van der Waals surface area contributed by atoms with Crippen molar-refractivity contribution in [1.82, 2.24) is 0 Å². The Bertz CT molecular complexity index is 502. The smallest absolute Gasteiger partial charge is 0.303 e. The summed E-state index contributed by atoms with van der Waals surface area (Å²) in [6, 6.07) is 3.12. The molecule has 0 radical (unpaired) electrons. The van der Waals surface area contributed by atoms with Crippen LogP contribution in [0.5, 0.6) is 0 Å². The van der Waals surface area contributed by atoms with E-state index >= 15 is 0 Å². The summed E-state index contributed by atoms with van der Waals surface area (Å²) in [4.78, 5) is 10.8. The molecule has 2 atom stereocenters. The summed E-state index contributed by atoms with van der Waals surface area (Å²) in [5, 5.41) is 18.5. The molecule has 0 spiro atoms. The Balaban J connectivity index is 3.01. The lowest BCUT2D eigenvalue weighted by atomic mass is 9.95. The van der Waals surface area contributed by atoms with Crippen molar-refractivity contribution >= 4 is 5.97 Å². The molecule has 0 aliphatic carbocycles. The molecule has 0 aromatic heterocycles. The minimum atomic E-state index is -0.886. The molecule has 0 aliphatic rings. The molecule has 124 valence electrons. The lowest BCUT2D eigenvalue weighted by Crippen LogP contribution is -2.18. The average molecular weight is 312 g/mol.